The molecule has 146 valence electrons. The van der Waals surface area contributed by atoms with E-state index in [1.165, 1.54) is 11.1 Å². The molecule has 1 atom stereocenters. The first kappa shape index (κ1) is 18.6. The van der Waals surface area contributed by atoms with Crippen molar-refractivity contribution in [2.24, 2.45) is 0 Å². The normalized spacial score (nSPS) is 17.0. The fraction of sp³-hybridized carbons (Fsp3) is 0.348. The van der Waals surface area contributed by atoms with Gasteiger partial charge in [0.1, 0.15) is 17.8 Å². The maximum Gasteiger partial charge on any atom is 0.226 e. The Labute approximate surface area is 165 Å². The predicted octanol–water partition coefficient (Wildman–Crippen LogP) is 5.00. The average molecular weight is 378 g/mol. The van der Waals surface area contributed by atoms with Crippen molar-refractivity contribution in [2.75, 3.05) is 20.8 Å². The Hall–Kier alpha value is -2.79. The van der Waals surface area contributed by atoms with Gasteiger partial charge in [0.15, 0.2) is 0 Å². The molecular weight excluding hydrogens is 352 g/mol. The molecule has 1 unspecified atom stereocenters. The third kappa shape index (κ3) is 3.76. The number of oxazole rings is 1. The summed E-state index contributed by atoms with van der Waals surface area (Å²) in [5.74, 6) is 2.42. The Morgan fingerprint density at radius 1 is 1.11 bits per heavy atom. The van der Waals surface area contributed by atoms with Crippen molar-refractivity contribution in [1.29, 1.82) is 0 Å². The summed E-state index contributed by atoms with van der Waals surface area (Å²) in [5, 5.41) is 0. The molecule has 1 fully saturated rings. The van der Waals surface area contributed by atoms with Gasteiger partial charge < -0.3 is 13.9 Å². The lowest BCUT2D eigenvalue weighted by atomic mass is 10.0. The van der Waals surface area contributed by atoms with Crippen LogP contribution in [0.4, 0.5) is 0 Å². The van der Waals surface area contributed by atoms with Crippen LogP contribution < -0.4 is 9.47 Å². The van der Waals surface area contributed by atoms with Crippen molar-refractivity contribution in [3.05, 3.63) is 65.5 Å². The van der Waals surface area contributed by atoms with Crippen molar-refractivity contribution in [3.8, 4) is 23.0 Å². The van der Waals surface area contributed by atoms with Gasteiger partial charge in [-0.15, -0.1) is 0 Å². The number of nitrogens with zero attached hydrogens (tertiary/aromatic N) is 2. The van der Waals surface area contributed by atoms with Crippen molar-refractivity contribution in [2.45, 2.75) is 32.4 Å². The van der Waals surface area contributed by atoms with E-state index in [0.29, 0.717) is 5.89 Å². The molecule has 0 bridgehead atoms. The summed E-state index contributed by atoms with van der Waals surface area (Å²) in [6, 6.07) is 14.5. The van der Waals surface area contributed by atoms with E-state index in [1.54, 1.807) is 20.5 Å². The zero-order chi connectivity index (χ0) is 19.5. The summed E-state index contributed by atoms with van der Waals surface area (Å²) >= 11 is 0. The van der Waals surface area contributed by atoms with Gasteiger partial charge in [0, 0.05) is 23.7 Å². The number of ether oxygens (including phenoxy) is 2. The maximum atomic E-state index is 5.74. The van der Waals surface area contributed by atoms with Crippen LogP contribution in [0.25, 0.3) is 11.5 Å². The van der Waals surface area contributed by atoms with E-state index < -0.39 is 0 Å². The molecule has 28 heavy (non-hydrogen) atoms. The summed E-state index contributed by atoms with van der Waals surface area (Å²) in [4.78, 5) is 7.15. The molecule has 1 aromatic heterocycles. The number of hydrogen-bond acceptors (Lipinski definition) is 5. The van der Waals surface area contributed by atoms with Gasteiger partial charge in [-0.3, -0.25) is 4.90 Å². The molecule has 4 rings (SSSR count). The van der Waals surface area contributed by atoms with E-state index in [4.69, 9.17) is 18.9 Å². The summed E-state index contributed by atoms with van der Waals surface area (Å²) in [5.41, 5.74) is 4.35. The number of rotatable bonds is 6. The van der Waals surface area contributed by atoms with Crippen LogP contribution in [0.5, 0.6) is 11.5 Å². The third-order valence-electron chi connectivity index (χ3n) is 5.37. The minimum absolute atomic E-state index is 0.282. The van der Waals surface area contributed by atoms with E-state index in [0.717, 1.165) is 48.7 Å². The molecule has 1 aliphatic rings. The fourth-order valence-corrected chi connectivity index (χ4v) is 3.88. The highest BCUT2D eigenvalue weighted by Gasteiger charge is 2.29. The number of aromatic nitrogens is 1. The minimum atomic E-state index is 0.282. The molecule has 5 nitrogen and oxygen atoms in total. The lowest BCUT2D eigenvalue weighted by Crippen LogP contribution is -2.23. The van der Waals surface area contributed by atoms with Gasteiger partial charge in [0.25, 0.3) is 0 Å². The number of methoxy groups -OCH3 is 2. The topological polar surface area (TPSA) is 47.7 Å². The maximum absolute atomic E-state index is 5.74. The second-order valence-electron chi connectivity index (χ2n) is 7.25. The molecule has 2 heterocycles. The summed E-state index contributed by atoms with van der Waals surface area (Å²) < 4.78 is 16.8. The smallest absolute Gasteiger partial charge is 0.226 e. The molecule has 0 amide bonds. The lowest BCUT2D eigenvalue weighted by Gasteiger charge is -2.25. The number of hydrogen-bond donors (Lipinski definition) is 0. The zero-order valence-corrected chi connectivity index (χ0v) is 16.6. The molecular formula is C23H26N2O3. The van der Waals surface area contributed by atoms with Crippen molar-refractivity contribution in [3.63, 3.8) is 0 Å². The first-order valence-corrected chi connectivity index (χ1v) is 9.65. The second kappa shape index (κ2) is 8.07. The second-order valence-corrected chi connectivity index (χ2v) is 7.25. The van der Waals surface area contributed by atoms with Crippen LogP contribution in [0.2, 0.25) is 0 Å². The molecule has 0 aliphatic carbocycles. The molecule has 1 aliphatic heterocycles. The van der Waals surface area contributed by atoms with Gasteiger partial charge in [-0.1, -0.05) is 17.7 Å². The highest BCUT2D eigenvalue weighted by Crippen LogP contribution is 2.39. The average Bonchev–Trinajstić information content (AvgIpc) is 3.38. The Kier molecular flexibility index (Phi) is 5.35. The Balaban J connectivity index is 1.54. The standard InChI is InChI=1S/C23H26N2O3/c1-16-6-8-17(9-7-16)23-24-18(15-28-23)14-25-12-4-5-21(25)20-13-19(26-2)10-11-22(20)27-3/h6-11,13,15,21H,4-5,12,14H2,1-3H3. The highest BCUT2D eigenvalue weighted by atomic mass is 16.5. The minimum Gasteiger partial charge on any atom is -0.497 e. The SMILES string of the molecule is COc1ccc(OC)c(C2CCCN2Cc2coc(-c3ccc(C)cc3)n2)c1. The fourth-order valence-electron chi connectivity index (χ4n) is 3.88. The van der Waals surface area contributed by atoms with E-state index in [1.807, 2.05) is 24.3 Å². The quantitative estimate of drug-likeness (QED) is 0.604. The number of aryl methyl sites for hydroxylation is 1. The van der Waals surface area contributed by atoms with Gasteiger partial charge in [-0.25, -0.2) is 4.98 Å². The number of likely N-dealkylation sites (tertiary alicyclic amines) is 1. The van der Waals surface area contributed by atoms with E-state index in [9.17, 15) is 0 Å². The zero-order valence-electron chi connectivity index (χ0n) is 16.6. The largest absolute Gasteiger partial charge is 0.497 e. The van der Waals surface area contributed by atoms with E-state index in [-0.39, 0.29) is 6.04 Å². The lowest BCUT2D eigenvalue weighted by molar-refractivity contribution is 0.239. The summed E-state index contributed by atoms with van der Waals surface area (Å²) in [6.07, 6.45) is 4.01. The Morgan fingerprint density at radius 2 is 1.93 bits per heavy atom. The van der Waals surface area contributed by atoms with Crippen LogP contribution in [-0.2, 0) is 6.54 Å². The van der Waals surface area contributed by atoms with Crippen LogP contribution in [0, 0.1) is 6.92 Å². The van der Waals surface area contributed by atoms with Crippen molar-refractivity contribution in [1.82, 2.24) is 9.88 Å². The summed E-state index contributed by atoms with van der Waals surface area (Å²) in [6.45, 7) is 3.85. The van der Waals surface area contributed by atoms with Crippen molar-refractivity contribution >= 4 is 0 Å². The van der Waals surface area contributed by atoms with Crippen LogP contribution in [-0.4, -0.2) is 30.6 Å². The molecule has 0 N–H and O–H groups in total. The molecule has 5 heteroatoms. The number of benzene rings is 2. The first-order chi connectivity index (χ1) is 13.7. The van der Waals surface area contributed by atoms with Gasteiger partial charge in [-0.05, 0) is 56.6 Å². The summed E-state index contributed by atoms with van der Waals surface area (Å²) in [7, 11) is 3.41. The van der Waals surface area contributed by atoms with Crippen LogP contribution in [0.3, 0.4) is 0 Å². The Bertz CT molecular complexity index is 933. The van der Waals surface area contributed by atoms with Crippen molar-refractivity contribution < 1.29 is 13.9 Å². The Morgan fingerprint density at radius 3 is 2.68 bits per heavy atom. The molecule has 0 radical (unpaired) electrons. The van der Waals surface area contributed by atoms with Gasteiger partial charge in [-0.2, -0.15) is 0 Å². The van der Waals surface area contributed by atoms with Crippen LogP contribution in [0.1, 0.15) is 35.7 Å². The van der Waals surface area contributed by atoms with Crippen LogP contribution in [0.15, 0.2) is 53.1 Å². The molecule has 0 saturated carbocycles. The first-order valence-electron chi connectivity index (χ1n) is 9.65. The van der Waals surface area contributed by atoms with Gasteiger partial charge >= 0.3 is 0 Å². The van der Waals surface area contributed by atoms with Gasteiger partial charge in [0.05, 0.1) is 19.9 Å². The third-order valence-corrected chi connectivity index (χ3v) is 5.37. The predicted molar refractivity (Wildman–Crippen MR) is 109 cm³/mol. The molecule has 1 saturated heterocycles. The van der Waals surface area contributed by atoms with E-state index in [2.05, 4.69) is 30.0 Å². The monoisotopic (exact) mass is 378 g/mol. The van der Waals surface area contributed by atoms with E-state index >= 15 is 0 Å². The molecule has 3 aromatic rings. The van der Waals surface area contributed by atoms with Gasteiger partial charge in [0.2, 0.25) is 5.89 Å². The highest BCUT2D eigenvalue weighted by molar-refractivity contribution is 5.53. The van der Waals surface area contributed by atoms with Crippen LogP contribution >= 0.6 is 0 Å². The molecule has 2 aromatic carbocycles. The molecule has 0 spiro atoms.